The molecule has 2 heterocycles. The number of carbonyl (C=O) groups is 1. The molecule has 1 aliphatic rings. The molecule has 1 N–H and O–H groups in total. The van der Waals surface area contributed by atoms with E-state index in [1.54, 1.807) is 6.07 Å². The smallest absolute Gasteiger partial charge is 0.270 e. The molecule has 0 unspecified atom stereocenters. The van der Waals surface area contributed by atoms with Crippen LogP contribution in [0.5, 0.6) is 0 Å². The number of hydrogen-bond donors (Lipinski definition) is 1. The van der Waals surface area contributed by atoms with Gasteiger partial charge in [0.15, 0.2) is 0 Å². The minimum absolute atomic E-state index is 0.0426. The lowest BCUT2D eigenvalue weighted by molar-refractivity contribution is 0.0756. The third-order valence-corrected chi connectivity index (χ3v) is 4.13. The summed E-state index contributed by atoms with van der Waals surface area (Å²) in [6.45, 7) is 3.56. The van der Waals surface area contributed by atoms with Crippen LogP contribution in [0, 0.1) is 12.7 Å². The van der Waals surface area contributed by atoms with Gasteiger partial charge in [0.25, 0.3) is 5.91 Å². The van der Waals surface area contributed by atoms with Crippen LogP contribution in [0.3, 0.4) is 0 Å². The van der Waals surface area contributed by atoms with E-state index in [-0.39, 0.29) is 11.7 Å². The van der Waals surface area contributed by atoms with E-state index in [1.165, 1.54) is 25.0 Å². The molecule has 0 spiro atoms. The van der Waals surface area contributed by atoms with Crippen LogP contribution >= 0.6 is 0 Å². The molecule has 0 aliphatic carbocycles. The van der Waals surface area contributed by atoms with Crippen molar-refractivity contribution in [3.8, 4) is 0 Å². The fraction of sp³-hybridized carbons (Fsp3) is 0.438. The van der Waals surface area contributed by atoms with E-state index in [9.17, 15) is 9.18 Å². The number of fused-ring (bicyclic) bond motifs is 1. The molecule has 20 heavy (non-hydrogen) atoms. The number of aromatic nitrogens is 1. The Hall–Kier alpha value is -1.84. The first kappa shape index (κ1) is 13.2. The first-order chi connectivity index (χ1) is 9.66. The van der Waals surface area contributed by atoms with Crippen LogP contribution in [0.1, 0.15) is 41.7 Å². The second kappa shape index (κ2) is 5.27. The van der Waals surface area contributed by atoms with Crippen LogP contribution in [0.15, 0.2) is 18.2 Å². The average molecular weight is 274 g/mol. The van der Waals surface area contributed by atoms with Gasteiger partial charge < -0.3 is 9.88 Å². The molecule has 1 aromatic heterocycles. The Morgan fingerprint density at radius 3 is 2.60 bits per heavy atom. The SMILES string of the molecule is Cc1c(C(=O)N2CCCCCC2)[nH]c2cc(F)ccc12. The molecule has 0 saturated carbocycles. The van der Waals surface area contributed by atoms with Gasteiger partial charge >= 0.3 is 0 Å². The van der Waals surface area contributed by atoms with Crippen LogP contribution in [-0.4, -0.2) is 28.9 Å². The number of nitrogens with zero attached hydrogens (tertiary/aromatic N) is 1. The maximum atomic E-state index is 13.3. The Morgan fingerprint density at radius 2 is 1.90 bits per heavy atom. The molecule has 1 saturated heterocycles. The van der Waals surface area contributed by atoms with E-state index in [2.05, 4.69) is 4.98 Å². The topological polar surface area (TPSA) is 36.1 Å². The van der Waals surface area contributed by atoms with E-state index < -0.39 is 0 Å². The number of nitrogens with one attached hydrogen (secondary N) is 1. The molecular weight excluding hydrogens is 255 g/mol. The van der Waals surface area contributed by atoms with Crippen LogP contribution in [-0.2, 0) is 0 Å². The quantitative estimate of drug-likeness (QED) is 0.847. The lowest BCUT2D eigenvalue weighted by atomic mass is 10.1. The minimum Gasteiger partial charge on any atom is -0.350 e. The second-order valence-electron chi connectivity index (χ2n) is 5.52. The lowest BCUT2D eigenvalue weighted by Gasteiger charge is -2.19. The Labute approximate surface area is 117 Å². The predicted molar refractivity (Wildman–Crippen MR) is 77.4 cm³/mol. The average Bonchev–Trinajstić information content (AvgIpc) is 2.65. The highest BCUT2D eigenvalue weighted by Crippen LogP contribution is 2.24. The zero-order valence-electron chi connectivity index (χ0n) is 11.7. The molecule has 0 atom stereocenters. The number of aryl methyl sites for hydroxylation is 1. The Morgan fingerprint density at radius 1 is 1.20 bits per heavy atom. The van der Waals surface area contributed by atoms with E-state index in [0.717, 1.165) is 36.9 Å². The maximum Gasteiger partial charge on any atom is 0.270 e. The minimum atomic E-state index is -0.285. The summed E-state index contributed by atoms with van der Waals surface area (Å²) in [6, 6.07) is 4.61. The van der Waals surface area contributed by atoms with Crippen molar-refractivity contribution in [2.24, 2.45) is 0 Å². The molecule has 3 rings (SSSR count). The Bertz CT molecular complexity index is 639. The summed E-state index contributed by atoms with van der Waals surface area (Å²) in [5.41, 5.74) is 2.21. The molecule has 1 amide bonds. The van der Waals surface area contributed by atoms with Crippen LogP contribution in [0.2, 0.25) is 0 Å². The molecule has 0 radical (unpaired) electrons. The molecule has 1 aromatic carbocycles. The highest BCUT2D eigenvalue weighted by Gasteiger charge is 2.21. The summed E-state index contributed by atoms with van der Waals surface area (Å²) in [5, 5.41) is 0.921. The molecule has 1 fully saturated rings. The van der Waals surface area contributed by atoms with Gasteiger partial charge in [0, 0.05) is 24.0 Å². The van der Waals surface area contributed by atoms with Crippen molar-refractivity contribution < 1.29 is 9.18 Å². The van der Waals surface area contributed by atoms with Crippen molar-refractivity contribution in [1.29, 1.82) is 0 Å². The highest BCUT2D eigenvalue weighted by atomic mass is 19.1. The van der Waals surface area contributed by atoms with E-state index in [0.29, 0.717) is 11.2 Å². The lowest BCUT2D eigenvalue weighted by Crippen LogP contribution is -2.32. The van der Waals surface area contributed by atoms with E-state index >= 15 is 0 Å². The van der Waals surface area contributed by atoms with Gasteiger partial charge in [-0.3, -0.25) is 4.79 Å². The van der Waals surface area contributed by atoms with Gasteiger partial charge in [-0.25, -0.2) is 4.39 Å². The number of likely N-dealkylation sites (tertiary alicyclic amines) is 1. The molecule has 0 bridgehead atoms. The van der Waals surface area contributed by atoms with Crippen molar-refractivity contribution in [2.75, 3.05) is 13.1 Å². The molecule has 4 heteroatoms. The first-order valence-corrected chi connectivity index (χ1v) is 7.24. The first-order valence-electron chi connectivity index (χ1n) is 7.24. The van der Waals surface area contributed by atoms with Crippen LogP contribution in [0.4, 0.5) is 4.39 Å². The monoisotopic (exact) mass is 274 g/mol. The summed E-state index contributed by atoms with van der Waals surface area (Å²) >= 11 is 0. The normalized spacial score (nSPS) is 16.4. The number of H-pyrrole nitrogens is 1. The van der Waals surface area contributed by atoms with Gasteiger partial charge in [-0.05, 0) is 43.5 Å². The van der Waals surface area contributed by atoms with Crippen molar-refractivity contribution in [1.82, 2.24) is 9.88 Å². The molecule has 106 valence electrons. The number of amides is 1. The van der Waals surface area contributed by atoms with Gasteiger partial charge in [0.1, 0.15) is 11.5 Å². The molecule has 2 aromatic rings. The highest BCUT2D eigenvalue weighted by molar-refractivity contribution is 6.00. The Balaban J connectivity index is 1.96. The van der Waals surface area contributed by atoms with Crippen LogP contribution in [0.25, 0.3) is 10.9 Å². The summed E-state index contributed by atoms with van der Waals surface area (Å²) in [5.74, 6) is -0.242. The van der Waals surface area contributed by atoms with Gasteiger partial charge in [-0.2, -0.15) is 0 Å². The summed E-state index contributed by atoms with van der Waals surface area (Å²) in [4.78, 5) is 17.6. The second-order valence-corrected chi connectivity index (χ2v) is 5.52. The van der Waals surface area contributed by atoms with Crippen molar-refractivity contribution in [3.63, 3.8) is 0 Å². The molecular formula is C16H19FN2O. The van der Waals surface area contributed by atoms with Crippen molar-refractivity contribution >= 4 is 16.8 Å². The number of rotatable bonds is 1. The third-order valence-electron chi connectivity index (χ3n) is 4.13. The van der Waals surface area contributed by atoms with Gasteiger partial charge in [-0.1, -0.05) is 12.8 Å². The summed E-state index contributed by atoms with van der Waals surface area (Å²) < 4.78 is 13.3. The largest absolute Gasteiger partial charge is 0.350 e. The maximum absolute atomic E-state index is 13.3. The fourth-order valence-electron chi connectivity index (χ4n) is 2.96. The standard InChI is InChI=1S/C16H19FN2O/c1-11-13-7-6-12(17)10-14(13)18-15(11)16(20)19-8-4-2-3-5-9-19/h6-7,10,18H,2-5,8-9H2,1H3. The summed E-state index contributed by atoms with van der Waals surface area (Å²) in [6.07, 6.45) is 4.53. The van der Waals surface area contributed by atoms with Gasteiger partial charge in [-0.15, -0.1) is 0 Å². The number of aromatic amines is 1. The number of carbonyl (C=O) groups excluding carboxylic acids is 1. The van der Waals surface area contributed by atoms with Crippen LogP contribution < -0.4 is 0 Å². The number of hydrogen-bond acceptors (Lipinski definition) is 1. The van der Waals surface area contributed by atoms with E-state index in [1.807, 2.05) is 11.8 Å². The number of benzene rings is 1. The Kier molecular flexibility index (Phi) is 3.47. The van der Waals surface area contributed by atoms with Crippen molar-refractivity contribution in [3.05, 3.63) is 35.3 Å². The van der Waals surface area contributed by atoms with Gasteiger partial charge in [0.2, 0.25) is 0 Å². The number of halogens is 1. The zero-order chi connectivity index (χ0) is 14.1. The van der Waals surface area contributed by atoms with Gasteiger partial charge in [0.05, 0.1) is 0 Å². The fourth-order valence-corrected chi connectivity index (χ4v) is 2.96. The van der Waals surface area contributed by atoms with Crippen molar-refractivity contribution in [2.45, 2.75) is 32.6 Å². The molecule has 1 aliphatic heterocycles. The third kappa shape index (κ3) is 2.30. The van der Waals surface area contributed by atoms with E-state index in [4.69, 9.17) is 0 Å². The summed E-state index contributed by atoms with van der Waals surface area (Å²) in [7, 11) is 0. The zero-order valence-corrected chi connectivity index (χ0v) is 11.7. The predicted octanol–water partition coefficient (Wildman–Crippen LogP) is 3.63. The molecule has 3 nitrogen and oxygen atoms in total.